The average molecular weight is 345 g/mol. The number of nitrogens with two attached hydrogens (primary N) is 1. The van der Waals surface area contributed by atoms with Gasteiger partial charge in [0, 0.05) is 31.1 Å². The molecular weight excluding hydrogens is 322 g/mol. The van der Waals surface area contributed by atoms with E-state index in [0.29, 0.717) is 13.1 Å². The van der Waals surface area contributed by atoms with Crippen LogP contribution in [-0.2, 0) is 15.6 Å². The summed E-state index contributed by atoms with van der Waals surface area (Å²) < 4.78 is 29.0. The van der Waals surface area contributed by atoms with Gasteiger partial charge < -0.3 is 5.73 Å². The first kappa shape index (κ1) is 17.1. The molecular formula is C18H23N3O2S. The summed E-state index contributed by atoms with van der Waals surface area (Å²) in [6.45, 7) is 3.10. The molecule has 3 rings (SSSR count). The van der Waals surface area contributed by atoms with Crippen molar-refractivity contribution < 1.29 is 8.42 Å². The van der Waals surface area contributed by atoms with Crippen molar-refractivity contribution >= 4 is 10.2 Å². The first-order valence-corrected chi connectivity index (χ1v) is 9.47. The Morgan fingerprint density at radius 2 is 1.50 bits per heavy atom. The Hall–Kier alpha value is -1.73. The molecule has 0 atom stereocenters. The van der Waals surface area contributed by atoms with Crippen LogP contribution in [0.1, 0.15) is 18.1 Å². The maximum absolute atomic E-state index is 12.4. The van der Waals surface area contributed by atoms with E-state index in [1.165, 1.54) is 4.31 Å². The third-order valence-corrected chi connectivity index (χ3v) is 6.13. The van der Waals surface area contributed by atoms with Crippen LogP contribution >= 0.6 is 0 Å². The molecule has 3 N–H and O–H groups in total. The normalized spacial score (nSPS) is 16.8. The number of rotatable bonds is 6. The third kappa shape index (κ3) is 3.37. The van der Waals surface area contributed by atoms with Gasteiger partial charge in [-0.15, -0.1) is 0 Å². The summed E-state index contributed by atoms with van der Waals surface area (Å²) >= 11 is 0. The Kier molecular flexibility index (Phi) is 4.73. The molecule has 2 aromatic rings. The van der Waals surface area contributed by atoms with Crippen LogP contribution in [0.5, 0.6) is 0 Å². The molecule has 0 saturated carbocycles. The van der Waals surface area contributed by atoms with Gasteiger partial charge in [-0.05, 0) is 11.1 Å². The molecule has 128 valence electrons. The van der Waals surface area contributed by atoms with E-state index in [-0.39, 0.29) is 12.6 Å². The van der Waals surface area contributed by atoms with E-state index in [4.69, 9.17) is 5.73 Å². The second-order valence-corrected chi connectivity index (χ2v) is 8.22. The standard InChI is InChI=1S/C18H23N3O2S/c1-18(15-8-4-2-5-9-15,16-10-6-3-7-11-16)14-20-24(22,23)21-12-17(19)13-21/h2-11,17,20H,12-14,19H2,1H3. The predicted molar refractivity (Wildman–Crippen MR) is 95.8 cm³/mol. The van der Waals surface area contributed by atoms with Crippen LogP contribution in [0.4, 0.5) is 0 Å². The van der Waals surface area contributed by atoms with Gasteiger partial charge in [-0.2, -0.15) is 12.7 Å². The smallest absolute Gasteiger partial charge is 0.279 e. The third-order valence-electron chi connectivity index (χ3n) is 4.65. The van der Waals surface area contributed by atoms with Crippen molar-refractivity contribution in [3.8, 4) is 0 Å². The molecule has 0 spiro atoms. The summed E-state index contributed by atoms with van der Waals surface area (Å²) in [5, 5.41) is 0. The molecule has 5 nitrogen and oxygen atoms in total. The molecule has 6 heteroatoms. The van der Waals surface area contributed by atoms with Crippen LogP contribution in [0.15, 0.2) is 60.7 Å². The zero-order chi connectivity index (χ0) is 17.2. The minimum atomic E-state index is -3.50. The Bertz CT molecular complexity index is 733. The highest BCUT2D eigenvalue weighted by Crippen LogP contribution is 2.31. The van der Waals surface area contributed by atoms with Gasteiger partial charge >= 0.3 is 0 Å². The Balaban J connectivity index is 1.86. The van der Waals surface area contributed by atoms with E-state index in [2.05, 4.69) is 11.6 Å². The Labute approximate surface area is 143 Å². The van der Waals surface area contributed by atoms with Crippen molar-refractivity contribution in [3.63, 3.8) is 0 Å². The number of benzene rings is 2. The van der Waals surface area contributed by atoms with E-state index in [9.17, 15) is 8.42 Å². The summed E-state index contributed by atoms with van der Waals surface area (Å²) in [6, 6.07) is 19.9. The largest absolute Gasteiger partial charge is 0.325 e. The SMILES string of the molecule is CC(CNS(=O)(=O)N1CC(N)C1)(c1ccccc1)c1ccccc1. The Morgan fingerprint density at radius 1 is 1.04 bits per heavy atom. The second kappa shape index (κ2) is 6.64. The Morgan fingerprint density at radius 3 is 1.92 bits per heavy atom. The van der Waals surface area contributed by atoms with Gasteiger partial charge in [-0.25, -0.2) is 4.72 Å². The lowest BCUT2D eigenvalue weighted by atomic mass is 9.76. The fraction of sp³-hybridized carbons (Fsp3) is 0.333. The highest BCUT2D eigenvalue weighted by molar-refractivity contribution is 7.87. The van der Waals surface area contributed by atoms with E-state index < -0.39 is 15.6 Å². The van der Waals surface area contributed by atoms with Crippen LogP contribution in [0.3, 0.4) is 0 Å². The number of hydrogen-bond donors (Lipinski definition) is 2. The predicted octanol–water partition coefficient (Wildman–Crippen LogP) is 1.47. The molecule has 0 amide bonds. The van der Waals surface area contributed by atoms with Gasteiger partial charge in [0.1, 0.15) is 0 Å². The summed E-state index contributed by atoms with van der Waals surface area (Å²) in [7, 11) is -3.50. The van der Waals surface area contributed by atoms with Crippen LogP contribution in [0.2, 0.25) is 0 Å². The van der Waals surface area contributed by atoms with Crippen molar-refractivity contribution in [1.29, 1.82) is 0 Å². The van der Waals surface area contributed by atoms with E-state index in [1.54, 1.807) is 0 Å². The molecule has 1 saturated heterocycles. The van der Waals surface area contributed by atoms with Crippen LogP contribution < -0.4 is 10.5 Å². The summed E-state index contributed by atoms with van der Waals surface area (Å²) in [5.74, 6) is 0. The second-order valence-electron chi connectivity index (χ2n) is 6.47. The monoisotopic (exact) mass is 345 g/mol. The maximum atomic E-state index is 12.4. The topological polar surface area (TPSA) is 75.4 Å². The molecule has 0 bridgehead atoms. The summed E-state index contributed by atoms with van der Waals surface area (Å²) in [6.07, 6.45) is 0. The highest BCUT2D eigenvalue weighted by atomic mass is 32.2. The number of nitrogens with one attached hydrogen (secondary N) is 1. The zero-order valence-electron chi connectivity index (χ0n) is 13.7. The van der Waals surface area contributed by atoms with E-state index in [0.717, 1.165) is 11.1 Å². The summed E-state index contributed by atoms with van der Waals surface area (Å²) in [4.78, 5) is 0. The molecule has 1 fully saturated rings. The van der Waals surface area contributed by atoms with E-state index >= 15 is 0 Å². The fourth-order valence-corrected chi connectivity index (χ4v) is 4.40. The quantitative estimate of drug-likeness (QED) is 0.832. The minimum absolute atomic E-state index is 0.0591. The fourth-order valence-electron chi connectivity index (χ4n) is 2.98. The molecule has 0 radical (unpaired) electrons. The van der Waals surface area contributed by atoms with Crippen molar-refractivity contribution in [2.24, 2.45) is 5.73 Å². The van der Waals surface area contributed by atoms with Crippen molar-refractivity contribution in [2.75, 3.05) is 19.6 Å². The van der Waals surface area contributed by atoms with Crippen molar-refractivity contribution in [3.05, 3.63) is 71.8 Å². The lowest BCUT2D eigenvalue weighted by Crippen LogP contribution is -2.61. The molecule has 2 aromatic carbocycles. The summed E-state index contributed by atoms with van der Waals surface area (Å²) in [5.41, 5.74) is 7.38. The molecule has 0 aromatic heterocycles. The van der Waals surface area contributed by atoms with Gasteiger partial charge in [0.15, 0.2) is 0 Å². The first-order chi connectivity index (χ1) is 11.4. The number of nitrogens with zero attached hydrogens (tertiary/aromatic N) is 1. The van der Waals surface area contributed by atoms with Crippen molar-refractivity contribution in [1.82, 2.24) is 9.03 Å². The van der Waals surface area contributed by atoms with Crippen molar-refractivity contribution in [2.45, 2.75) is 18.4 Å². The van der Waals surface area contributed by atoms with Gasteiger partial charge in [0.25, 0.3) is 10.2 Å². The molecule has 0 aliphatic carbocycles. The van der Waals surface area contributed by atoms with Gasteiger partial charge in [-0.1, -0.05) is 67.6 Å². The van der Waals surface area contributed by atoms with Gasteiger partial charge in [0.05, 0.1) is 0 Å². The molecule has 0 unspecified atom stereocenters. The van der Waals surface area contributed by atoms with Gasteiger partial charge in [-0.3, -0.25) is 0 Å². The lowest BCUT2D eigenvalue weighted by Gasteiger charge is -2.37. The maximum Gasteiger partial charge on any atom is 0.279 e. The zero-order valence-corrected chi connectivity index (χ0v) is 14.5. The van der Waals surface area contributed by atoms with Crippen LogP contribution in [0, 0.1) is 0 Å². The highest BCUT2D eigenvalue weighted by Gasteiger charge is 2.36. The molecule has 1 aliphatic heterocycles. The average Bonchev–Trinajstić information content (AvgIpc) is 2.58. The lowest BCUT2D eigenvalue weighted by molar-refractivity contribution is 0.261. The molecule has 1 aliphatic rings. The molecule has 24 heavy (non-hydrogen) atoms. The number of hydrogen-bond acceptors (Lipinski definition) is 3. The van der Waals surface area contributed by atoms with Crippen LogP contribution in [-0.4, -0.2) is 38.4 Å². The van der Waals surface area contributed by atoms with E-state index in [1.807, 2.05) is 60.7 Å². The first-order valence-electron chi connectivity index (χ1n) is 8.03. The van der Waals surface area contributed by atoms with Gasteiger partial charge in [0.2, 0.25) is 0 Å². The van der Waals surface area contributed by atoms with Crippen LogP contribution in [0.25, 0.3) is 0 Å². The minimum Gasteiger partial charge on any atom is -0.325 e. The molecule has 1 heterocycles.